The van der Waals surface area contributed by atoms with Gasteiger partial charge >= 0.3 is 6.09 Å². The standard InChI is InChI=1S/C23H30Cl2N4O5/c1-22(2,3)34-21(31)27-8-9-28-14(11-27)12-33-17-15(20(28)30)19(26-18(25)16(17)24)29-7-4-5-23(29)6-10-32-13-23/h14H,4-13H2,1-3H3/t14-,23?/m1/s1. The second-order valence-electron chi connectivity index (χ2n) is 10.4. The Morgan fingerprint density at radius 3 is 2.71 bits per heavy atom. The predicted molar refractivity (Wildman–Crippen MR) is 127 cm³/mol. The molecule has 1 aromatic heterocycles. The van der Waals surface area contributed by atoms with Crippen LogP contribution >= 0.6 is 23.2 Å². The minimum atomic E-state index is -0.597. The zero-order valence-electron chi connectivity index (χ0n) is 19.7. The van der Waals surface area contributed by atoms with E-state index in [2.05, 4.69) is 9.88 Å². The van der Waals surface area contributed by atoms with E-state index < -0.39 is 11.7 Å². The SMILES string of the molecule is CC(C)(C)OC(=O)N1CCN2C(=O)c3c(N4CCCC45CCOC5)nc(Cl)c(Cl)c3OC[C@H]2C1. The van der Waals surface area contributed by atoms with Crippen molar-refractivity contribution in [2.24, 2.45) is 0 Å². The summed E-state index contributed by atoms with van der Waals surface area (Å²) in [5, 5.41) is 0.243. The molecule has 9 nitrogen and oxygen atoms in total. The average molecular weight is 513 g/mol. The fourth-order valence-corrected chi connectivity index (χ4v) is 5.74. The normalized spacial score (nSPS) is 26.9. The van der Waals surface area contributed by atoms with E-state index in [1.807, 2.05) is 20.8 Å². The Hall–Kier alpha value is -1.97. The van der Waals surface area contributed by atoms with Crippen molar-refractivity contribution >= 4 is 41.0 Å². The second kappa shape index (κ2) is 8.60. The van der Waals surface area contributed by atoms with Gasteiger partial charge in [0.2, 0.25) is 0 Å². The van der Waals surface area contributed by atoms with Crippen LogP contribution in [0.3, 0.4) is 0 Å². The van der Waals surface area contributed by atoms with E-state index in [4.69, 9.17) is 37.4 Å². The van der Waals surface area contributed by atoms with Gasteiger partial charge in [-0.2, -0.15) is 0 Å². The molecule has 1 unspecified atom stereocenters. The number of hydrogen-bond acceptors (Lipinski definition) is 7. The maximum absolute atomic E-state index is 13.9. The summed E-state index contributed by atoms with van der Waals surface area (Å²) in [5.41, 5.74) is -0.448. The summed E-state index contributed by atoms with van der Waals surface area (Å²) in [5.74, 6) is 0.567. The predicted octanol–water partition coefficient (Wildman–Crippen LogP) is 3.60. The summed E-state index contributed by atoms with van der Waals surface area (Å²) in [6.07, 6.45) is 2.42. The first kappa shape index (κ1) is 23.8. The van der Waals surface area contributed by atoms with Gasteiger partial charge in [0.1, 0.15) is 28.6 Å². The summed E-state index contributed by atoms with van der Waals surface area (Å²) in [6.45, 7) is 8.75. The fourth-order valence-electron chi connectivity index (χ4n) is 5.38. The molecule has 3 saturated heterocycles. The van der Waals surface area contributed by atoms with Crippen LogP contribution in [-0.4, -0.2) is 90.0 Å². The first-order chi connectivity index (χ1) is 16.1. The van der Waals surface area contributed by atoms with E-state index in [0.29, 0.717) is 44.2 Å². The number of aromatic nitrogens is 1. The molecule has 2 amide bonds. The van der Waals surface area contributed by atoms with Gasteiger partial charge in [0.15, 0.2) is 10.9 Å². The highest BCUT2D eigenvalue weighted by atomic mass is 35.5. The van der Waals surface area contributed by atoms with E-state index in [1.165, 1.54) is 0 Å². The smallest absolute Gasteiger partial charge is 0.410 e. The van der Waals surface area contributed by atoms with Crippen molar-refractivity contribution in [3.8, 4) is 5.75 Å². The van der Waals surface area contributed by atoms with Crippen molar-refractivity contribution in [2.45, 2.75) is 57.2 Å². The van der Waals surface area contributed by atoms with Crippen LogP contribution in [0.25, 0.3) is 0 Å². The Morgan fingerprint density at radius 2 is 2.00 bits per heavy atom. The lowest BCUT2D eigenvalue weighted by molar-refractivity contribution is 0.000952. The summed E-state index contributed by atoms with van der Waals surface area (Å²) in [6, 6.07) is -0.341. The highest BCUT2D eigenvalue weighted by Gasteiger charge is 2.48. The quantitative estimate of drug-likeness (QED) is 0.531. The Kier molecular flexibility index (Phi) is 6.01. The van der Waals surface area contributed by atoms with Gasteiger partial charge in [-0.25, -0.2) is 9.78 Å². The van der Waals surface area contributed by atoms with Crippen LogP contribution in [0.2, 0.25) is 10.2 Å². The van der Waals surface area contributed by atoms with Gasteiger partial charge < -0.3 is 28.9 Å². The third-order valence-corrected chi connectivity index (χ3v) is 7.72. The summed E-state index contributed by atoms with van der Waals surface area (Å²) in [7, 11) is 0. The zero-order valence-corrected chi connectivity index (χ0v) is 21.2. The molecule has 5 heterocycles. The lowest BCUT2D eigenvalue weighted by atomic mass is 9.95. The van der Waals surface area contributed by atoms with E-state index >= 15 is 0 Å². The van der Waals surface area contributed by atoms with Crippen LogP contribution in [0.15, 0.2) is 0 Å². The number of rotatable bonds is 1. The molecule has 4 aliphatic rings. The molecule has 11 heteroatoms. The summed E-state index contributed by atoms with van der Waals surface area (Å²) >= 11 is 12.9. The van der Waals surface area contributed by atoms with Crippen molar-refractivity contribution in [1.29, 1.82) is 0 Å². The average Bonchev–Trinajstić information content (AvgIpc) is 3.39. The zero-order chi connectivity index (χ0) is 24.3. The number of fused-ring (bicyclic) bond motifs is 2. The molecule has 0 aliphatic carbocycles. The van der Waals surface area contributed by atoms with Crippen molar-refractivity contribution in [1.82, 2.24) is 14.8 Å². The molecule has 186 valence electrons. The molecule has 0 saturated carbocycles. The van der Waals surface area contributed by atoms with Crippen LogP contribution in [0.5, 0.6) is 5.75 Å². The molecule has 0 radical (unpaired) electrons. The largest absolute Gasteiger partial charge is 0.489 e. The van der Waals surface area contributed by atoms with Gasteiger partial charge in [-0.3, -0.25) is 4.79 Å². The van der Waals surface area contributed by atoms with E-state index in [9.17, 15) is 9.59 Å². The van der Waals surface area contributed by atoms with E-state index in [-0.39, 0.29) is 40.0 Å². The number of pyridine rings is 1. The molecule has 2 atom stereocenters. The second-order valence-corrected chi connectivity index (χ2v) is 11.2. The molecule has 1 aromatic rings. The Morgan fingerprint density at radius 1 is 1.21 bits per heavy atom. The maximum atomic E-state index is 13.9. The molecule has 5 rings (SSSR count). The number of amides is 2. The Bertz CT molecular complexity index is 1000. The van der Waals surface area contributed by atoms with Gasteiger partial charge in [-0.05, 0) is 40.0 Å². The minimum absolute atomic E-state index is 0.111. The van der Waals surface area contributed by atoms with Crippen LogP contribution < -0.4 is 9.64 Å². The first-order valence-electron chi connectivity index (χ1n) is 11.8. The lowest BCUT2D eigenvalue weighted by Gasteiger charge is -2.40. The van der Waals surface area contributed by atoms with Crippen LogP contribution in [-0.2, 0) is 9.47 Å². The number of piperazine rings is 1. The molecule has 0 aromatic carbocycles. The van der Waals surface area contributed by atoms with Gasteiger partial charge in [0, 0.05) is 32.8 Å². The number of carbonyl (C=O) groups is 2. The van der Waals surface area contributed by atoms with E-state index in [0.717, 1.165) is 25.8 Å². The number of halogens is 2. The minimum Gasteiger partial charge on any atom is -0.489 e. The number of ether oxygens (including phenoxy) is 3. The molecule has 34 heavy (non-hydrogen) atoms. The van der Waals surface area contributed by atoms with Crippen LogP contribution in [0, 0.1) is 0 Å². The van der Waals surface area contributed by atoms with Gasteiger partial charge in [-0.1, -0.05) is 23.2 Å². The fraction of sp³-hybridized carbons (Fsp3) is 0.696. The Balaban J connectivity index is 1.48. The number of hydrogen-bond donors (Lipinski definition) is 0. The van der Waals surface area contributed by atoms with Crippen molar-refractivity contribution < 1.29 is 23.8 Å². The molecule has 3 fully saturated rings. The molecular formula is C23H30Cl2N4O5. The van der Waals surface area contributed by atoms with Gasteiger partial charge in [0.25, 0.3) is 5.91 Å². The van der Waals surface area contributed by atoms with Crippen molar-refractivity contribution in [2.75, 3.05) is 50.9 Å². The molecule has 0 N–H and O–H groups in total. The summed E-state index contributed by atoms with van der Waals surface area (Å²) in [4.78, 5) is 36.7. The molecule has 1 spiro atoms. The first-order valence-corrected chi connectivity index (χ1v) is 12.5. The topological polar surface area (TPSA) is 84.4 Å². The number of nitrogens with zero attached hydrogens (tertiary/aromatic N) is 4. The van der Waals surface area contributed by atoms with Crippen molar-refractivity contribution in [3.05, 3.63) is 15.7 Å². The molecular weight excluding hydrogens is 483 g/mol. The lowest BCUT2D eigenvalue weighted by Crippen LogP contribution is -2.58. The summed E-state index contributed by atoms with van der Waals surface area (Å²) < 4.78 is 17.4. The van der Waals surface area contributed by atoms with Gasteiger partial charge in [-0.15, -0.1) is 0 Å². The highest BCUT2D eigenvalue weighted by Crippen LogP contribution is 2.46. The van der Waals surface area contributed by atoms with E-state index in [1.54, 1.807) is 9.80 Å². The Labute approximate surface area is 209 Å². The van der Waals surface area contributed by atoms with Crippen LogP contribution in [0.4, 0.5) is 10.6 Å². The third kappa shape index (κ3) is 4.05. The highest BCUT2D eigenvalue weighted by molar-refractivity contribution is 6.42. The monoisotopic (exact) mass is 512 g/mol. The molecule has 4 aliphatic heterocycles. The molecule has 0 bridgehead atoms. The van der Waals surface area contributed by atoms with Crippen LogP contribution in [0.1, 0.15) is 50.4 Å². The third-order valence-electron chi connectivity index (χ3n) is 7.00. The van der Waals surface area contributed by atoms with Crippen molar-refractivity contribution in [3.63, 3.8) is 0 Å². The number of anilines is 1. The van der Waals surface area contributed by atoms with Gasteiger partial charge in [0.05, 0.1) is 18.2 Å². The maximum Gasteiger partial charge on any atom is 0.410 e. The number of carbonyl (C=O) groups excluding carboxylic acids is 2.